The first-order chi connectivity index (χ1) is 15.7. The van der Waals surface area contributed by atoms with E-state index in [1.54, 1.807) is 12.1 Å². The van der Waals surface area contributed by atoms with Gasteiger partial charge in [0.15, 0.2) is 0 Å². The van der Waals surface area contributed by atoms with Crippen LogP contribution in [0.25, 0.3) is 11.3 Å². The Hall–Kier alpha value is -3.32. The molecule has 0 fully saturated rings. The van der Waals surface area contributed by atoms with Crippen molar-refractivity contribution in [3.8, 4) is 22.8 Å². The van der Waals surface area contributed by atoms with Crippen LogP contribution in [0.3, 0.4) is 0 Å². The fraction of sp³-hybridized carbons (Fsp3) is 0.360. The van der Waals surface area contributed by atoms with Gasteiger partial charge in [0.05, 0.1) is 12.6 Å². The maximum atomic E-state index is 13.3. The Morgan fingerprint density at radius 3 is 2.59 bits per heavy atom. The molecule has 1 amide bonds. The van der Waals surface area contributed by atoms with Crippen molar-refractivity contribution in [3.63, 3.8) is 0 Å². The highest BCUT2D eigenvalue weighted by molar-refractivity contribution is 6.00. The van der Waals surface area contributed by atoms with Crippen LogP contribution in [0.4, 0.5) is 0 Å². The highest BCUT2D eigenvalue weighted by atomic mass is 16.5. The van der Waals surface area contributed by atoms with Gasteiger partial charge in [-0.1, -0.05) is 31.2 Å². The van der Waals surface area contributed by atoms with Crippen LogP contribution >= 0.6 is 0 Å². The molecule has 7 heteroatoms. The standard InChI is InChI=1S/C25H29N3O4/c1-3-15-32-18-12-10-17(11-13-18)24-21-22(19-8-5-6-9-20(19)29)26-27-23(21)25(30)28(24)14-7-16-31-4-2/h5-6,8-13,24,29H,3-4,7,14-16H2,1-2H3,(H,26,27)/t24-/m0/s1. The lowest BCUT2D eigenvalue weighted by atomic mass is 9.95. The quantitative estimate of drug-likeness (QED) is 0.457. The number of H-pyrrole nitrogens is 1. The van der Waals surface area contributed by atoms with E-state index >= 15 is 0 Å². The molecule has 4 rings (SSSR count). The number of carbonyl (C=O) groups is 1. The van der Waals surface area contributed by atoms with Crippen molar-refractivity contribution in [1.29, 1.82) is 0 Å². The number of amides is 1. The first-order valence-corrected chi connectivity index (χ1v) is 11.1. The second-order valence-corrected chi connectivity index (χ2v) is 7.75. The maximum Gasteiger partial charge on any atom is 0.273 e. The number of hydrogen-bond acceptors (Lipinski definition) is 5. The third-order valence-electron chi connectivity index (χ3n) is 5.58. The van der Waals surface area contributed by atoms with Crippen molar-refractivity contribution in [2.24, 2.45) is 0 Å². The highest BCUT2D eigenvalue weighted by Crippen LogP contribution is 2.44. The van der Waals surface area contributed by atoms with Gasteiger partial charge in [0.2, 0.25) is 0 Å². The lowest BCUT2D eigenvalue weighted by molar-refractivity contribution is 0.0710. The van der Waals surface area contributed by atoms with Gasteiger partial charge in [-0.2, -0.15) is 5.10 Å². The number of para-hydroxylation sites is 1. The highest BCUT2D eigenvalue weighted by Gasteiger charge is 2.42. The van der Waals surface area contributed by atoms with Crippen LogP contribution in [0.5, 0.6) is 11.5 Å². The Morgan fingerprint density at radius 1 is 1.09 bits per heavy atom. The van der Waals surface area contributed by atoms with E-state index < -0.39 is 0 Å². The lowest BCUT2D eigenvalue weighted by Gasteiger charge is -2.26. The molecule has 2 N–H and O–H groups in total. The van der Waals surface area contributed by atoms with Crippen molar-refractivity contribution in [3.05, 3.63) is 65.4 Å². The molecule has 0 saturated carbocycles. The van der Waals surface area contributed by atoms with Crippen molar-refractivity contribution in [2.75, 3.05) is 26.4 Å². The van der Waals surface area contributed by atoms with Gasteiger partial charge in [-0.25, -0.2) is 0 Å². The molecule has 1 atom stereocenters. The topological polar surface area (TPSA) is 87.7 Å². The molecule has 2 aromatic carbocycles. The number of nitrogens with zero attached hydrogens (tertiary/aromatic N) is 2. The molecule has 168 valence electrons. The number of ether oxygens (including phenoxy) is 2. The normalized spacial score (nSPS) is 15.2. The second-order valence-electron chi connectivity index (χ2n) is 7.75. The van der Waals surface area contributed by atoms with E-state index in [-0.39, 0.29) is 17.7 Å². The van der Waals surface area contributed by atoms with Gasteiger partial charge in [0, 0.05) is 30.9 Å². The van der Waals surface area contributed by atoms with Crippen molar-refractivity contribution in [1.82, 2.24) is 15.1 Å². The molecule has 32 heavy (non-hydrogen) atoms. The van der Waals surface area contributed by atoms with Gasteiger partial charge < -0.3 is 19.5 Å². The predicted octanol–water partition coefficient (Wildman–Crippen LogP) is 4.54. The zero-order valence-electron chi connectivity index (χ0n) is 18.5. The maximum absolute atomic E-state index is 13.3. The Kier molecular flexibility index (Phi) is 6.75. The summed E-state index contributed by atoms with van der Waals surface area (Å²) in [6.45, 7) is 6.49. The Labute approximate surface area is 188 Å². The molecule has 1 aliphatic heterocycles. The van der Waals surface area contributed by atoms with E-state index in [0.717, 1.165) is 29.7 Å². The molecule has 0 unspecified atom stereocenters. The molecule has 0 spiro atoms. The predicted molar refractivity (Wildman–Crippen MR) is 122 cm³/mol. The number of phenolic OH excluding ortho intramolecular Hbond substituents is 1. The number of hydrogen-bond donors (Lipinski definition) is 2. The van der Waals surface area contributed by atoms with E-state index in [9.17, 15) is 9.90 Å². The number of benzene rings is 2. The largest absolute Gasteiger partial charge is 0.507 e. The van der Waals surface area contributed by atoms with Crippen LogP contribution in [0.2, 0.25) is 0 Å². The third kappa shape index (κ3) is 4.21. The van der Waals surface area contributed by atoms with Crippen LogP contribution in [0, 0.1) is 0 Å². The summed E-state index contributed by atoms with van der Waals surface area (Å²) in [5.74, 6) is 0.837. The summed E-state index contributed by atoms with van der Waals surface area (Å²) in [4.78, 5) is 15.2. The average molecular weight is 436 g/mol. The minimum atomic E-state index is -0.312. The summed E-state index contributed by atoms with van der Waals surface area (Å²) >= 11 is 0. The Morgan fingerprint density at radius 2 is 1.88 bits per heavy atom. The number of phenols is 1. The smallest absolute Gasteiger partial charge is 0.273 e. The third-order valence-corrected chi connectivity index (χ3v) is 5.58. The van der Waals surface area contributed by atoms with Crippen LogP contribution in [-0.2, 0) is 4.74 Å². The molecule has 3 aromatic rings. The Balaban J connectivity index is 1.73. The van der Waals surface area contributed by atoms with Gasteiger partial charge >= 0.3 is 0 Å². The number of nitrogens with one attached hydrogen (secondary N) is 1. The van der Waals surface area contributed by atoms with Crippen LogP contribution < -0.4 is 4.74 Å². The van der Waals surface area contributed by atoms with E-state index in [0.29, 0.717) is 43.3 Å². The summed E-state index contributed by atoms with van der Waals surface area (Å²) in [6, 6.07) is 14.6. The zero-order chi connectivity index (χ0) is 22.5. The molecule has 1 aromatic heterocycles. The molecule has 0 aliphatic carbocycles. The lowest BCUT2D eigenvalue weighted by Crippen LogP contribution is -2.31. The van der Waals surface area contributed by atoms with Crippen LogP contribution in [0.1, 0.15) is 54.3 Å². The van der Waals surface area contributed by atoms with Gasteiger partial charge in [-0.15, -0.1) is 0 Å². The minimum absolute atomic E-state index is 0.0954. The molecule has 2 heterocycles. The van der Waals surface area contributed by atoms with E-state index in [2.05, 4.69) is 17.1 Å². The van der Waals surface area contributed by atoms with Crippen LogP contribution in [-0.4, -0.2) is 52.5 Å². The number of aromatic amines is 1. The molecule has 1 aliphatic rings. The summed E-state index contributed by atoms with van der Waals surface area (Å²) < 4.78 is 11.2. The molecular weight excluding hydrogens is 406 g/mol. The molecule has 0 bridgehead atoms. The minimum Gasteiger partial charge on any atom is -0.507 e. The van der Waals surface area contributed by atoms with Gasteiger partial charge in [-0.05, 0) is 49.6 Å². The molecule has 0 saturated heterocycles. The Bertz CT molecular complexity index is 1060. The van der Waals surface area contributed by atoms with Gasteiger partial charge in [0.25, 0.3) is 5.91 Å². The summed E-state index contributed by atoms with van der Waals surface area (Å²) in [5.41, 5.74) is 3.42. The number of rotatable bonds is 10. The van der Waals surface area contributed by atoms with E-state index in [4.69, 9.17) is 9.47 Å². The van der Waals surface area contributed by atoms with Gasteiger partial charge in [-0.3, -0.25) is 9.89 Å². The number of aromatic hydroxyl groups is 1. The van der Waals surface area contributed by atoms with E-state index in [1.165, 1.54) is 0 Å². The first kappa shape index (κ1) is 21.9. The molecular formula is C25H29N3O4. The SMILES string of the molecule is CCCOc1ccc([C@H]2c3c(-c4ccccc4O)n[nH]c3C(=O)N2CCCOCC)cc1. The average Bonchev–Trinajstić information content (AvgIpc) is 3.35. The summed E-state index contributed by atoms with van der Waals surface area (Å²) in [6.07, 6.45) is 1.67. The van der Waals surface area contributed by atoms with Crippen molar-refractivity contribution >= 4 is 5.91 Å². The fourth-order valence-corrected chi connectivity index (χ4v) is 4.10. The van der Waals surface area contributed by atoms with Crippen molar-refractivity contribution < 1.29 is 19.4 Å². The van der Waals surface area contributed by atoms with E-state index in [1.807, 2.05) is 48.2 Å². The van der Waals surface area contributed by atoms with Crippen LogP contribution in [0.15, 0.2) is 48.5 Å². The molecule has 7 nitrogen and oxygen atoms in total. The zero-order valence-corrected chi connectivity index (χ0v) is 18.5. The number of fused-ring (bicyclic) bond motifs is 1. The van der Waals surface area contributed by atoms with Crippen molar-refractivity contribution in [2.45, 2.75) is 32.7 Å². The fourth-order valence-electron chi connectivity index (χ4n) is 4.10. The monoisotopic (exact) mass is 435 g/mol. The number of aromatic nitrogens is 2. The van der Waals surface area contributed by atoms with Gasteiger partial charge in [0.1, 0.15) is 22.9 Å². The number of carbonyl (C=O) groups excluding carboxylic acids is 1. The summed E-state index contributed by atoms with van der Waals surface area (Å²) in [5, 5.41) is 17.8. The molecule has 0 radical (unpaired) electrons. The second kappa shape index (κ2) is 9.87. The first-order valence-electron chi connectivity index (χ1n) is 11.1. The summed E-state index contributed by atoms with van der Waals surface area (Å²) in [7, 11) is 0.